The molecular weight excluding hydrogens is 371 g/mol. The lowest BCUT2D eigenvalue weighted by Crippen LogP contribution is -2.44. The number of rotatable bonds is 5. The Kier molecular flexibility index (Phi) is 5.85. The lowest BCUT2D eigenvalue weighted by atomic mass is 10.1. The highest BCUT2D eigenvalue weighted by Crippen LogP contribution is 2.28. The van der Waals surface area contributed by atoms with Gasteiger partial charge in [0.1, 0.15) is 23.4 Å². The number of hydrogen-bond acceptors (Lipinski definition) is 5. The number of halogens is 1. The quantitative estimate of drug-likeness (QED) is 0.850. The molecule has 1 aliphatic rings. The van der Waals surface area contributed by atoms with Gasteiger partial charge in [0, 0.05) is 17.4 Å². The van der Waals surface area contributed by atoms with E-state index in [1.807, 2.05) is 0 Å². The van der Waals surface area contributed by atoms with Gasteiger partial charge in [-0.1, -0.05) is 12.1 Å². The van der Waals surface area contributed by atoms with Gasteiger partial charge < -0.3 is 19.7 Å². The van der Waals surface area contributed by atoms with Crippen LogP contribution in [-0.2, 0) is 4.79 Å². The number of methoxy groups -OCH3 is 2. The molecule has 8 heteroatoms. The molecule has 1 atom stereocenters. The van der Waals surface area contributed by atoms with E-state index < -0.39 is 17.8 Å². The molecule has 1 aliphatic heterocycles. The summed E-state index contributed by atoms with van der Waals surface area (Å²) >= 11 is 1.46. The van der Waals surface area contributed by atoms with Crippen molar-refractivity contribution < 1.29 is 23.5 Å². The van der Waals surface area contributed by atoms with Crippen molar-refractivity contribution in [3.8, 4) is 11.5 Å². The minimum Gasteiger partial charge on any atom is -0.497 e. The van der Waals surface area contributed by atoms with Crippen molar-refractivity contribution in [3.05, 3.63) is 53.8 Å². The fourth-order valence-corrected chi connectivity index (χ4v) is 3.89. The third-order valence-electron chi connectivity index (χ3n) is 4.18. The normalized spacial score (nSPS) is 16.1. The lowest BCUT2D eigenvalue weighted by Gasteiger charge is -2.23. The van der Waals surface area contributed by atoms with Gasteiger partial charge in [0.05, 0.1) is 25.8 Å². The molecule has 0 aliphatic carbocycles. The van der Waals surface area contributed by atoms with E-state index in [1.165, 1.54) is 43.0 Å². The smallest absolute Gasteiger partial charge is 0.255 e. The number of ether oxygens (including phenoxy) is 2. The van der Waals surface area contributed by atoms with Crippen LogP contribution < -0.4 is 14.8 Å². The Morgan fingerprint density at radius 2 is 1.81 bits per heavy atom. The van der Waals surface area contributed by atoms with Crippen molar-refractivity contribution in [2.24, 2.45) is 0 Å². The van der Waals surface area contributed by atoms with Crippen molar-refractivity contribution in [2.75, 3.05) is 31.2 Å². The van der Waals surface area contributed by atoms with Gasteiger partial charge in [-0.2, -0.15) is 0 Å². The maximum Gasteiger partial charge on any atom is 0.255 e. The molecule has 2 aromatic rings. The van der Waals surface area contributed by atoms with Crippen LogP contribution in [0.3, 0.4) is 0 Å². The maximum absolute atomic E-state index is 13.8. The van der Waals surface area contributed by atoms with Crippen LogP contribution in [0.1, 0.15) is 10.4 Å². The van der Waals surface area contributed by atoms with Gasteiger partial charge in [0.2, 0.25) is 5.91 Å². The topological polar surface area (TPSA) is 67.9 Å². The van der Waals surface area contributed by atoms with E-state index in [0.717, 1.165) is 0 Å². The van der Waals surface area contributed by atoms with Crippen LogP contribution in [0.15, 0.2) is 42.5 Å². The first-order valence-electron chi connectivity index (χ1n) is 8.20. The highest BCUT2D eigenvalue weighted by Gasteiger charge is 2.35. The Morgan fingerprint density at radius 3 is 2.44 bits per heavy atom. The van der Waals surface area contributed by atoms with Gasteiger partial charge in [-0.05, 0) is 24.3 Å². The van der Waals surface area contributed by atoms with Crippen LogP contribution >= 0.6 is 11.8 Å². The van der Waals surface area contributed by atoms with Gasteiger partial charge in [-0.3, -0.25) is 9.59 Å². The van der Waals surface area contributed by atoms with E-state index in [4.69, 9.17) is 9.47 Å². The second-order valence-corrected chi connectivity index (χ2v) is 6.86. The molecule has 1 unspecified atom stereocenters. The fourth-order valence-electron chi connectivity index (χ4n) is 2.74. The average molecular weight is 390 g/mol. The SMILES string of the molecule is COc1cc(OC)cc(C(=O)N2CSCC2C(=O)Nc2ccccc2F)c1. The molecule has 2 amide bonds. The summed E-state index contributed by atoms with van der Waals surface area (Å²) in [6, 6.07) is 10.1. The minimum absolute atomic E-state index is 0.0925. The predicted octanol–water partition coefficient (Wildman–Crippen LogP) is 3.00. The molecule has 1 heterocycles. The fraction of sp³-hybridized carbons (Fsp3) is 0.263. The second kappa shape index (κ2) is 8.30. The molecule has 1 fully saturated rings. The van der Waals surface area contributed by atoms with E-state index in [1.54, 1.807) is 30.3 Å². The average Bonchev–Trinajstić information content (AvgIpc) is 3.18. The summed E-state index contributed by atoms with van der Waals surface area (Å²) in [7, 11) is 3.00. The molecule has 27 heavy (non-hydrogen) atoms. The zero-order chi connectivity index (χ0) is 19.4. The molecule has 6 nitrogen and oxygen atoms in total. The molecule has 2 aromatic carbocycles. The van der Waals surface area contributed by atoms with E-state index in [-0.39, 0.29) is 11.6 Å². The largest absolute Gasteiger partial charge is 0.497 e. The molecule has 3 rings (SSSR count). The predicted molar refractivity (Wildman–Crippen MR) is 102 cm³/mol. The molecular formula is C19H19FN2O4S. The van der Waals surface area contributed by atoms with Crippen LogP contribution in [-0.4, -0.2) is 48.6 Å². The number of benzene rings is 2. The van der Waals surface area contributed by atoms with Gasteiger partial charge in [0.25, 0.3) is 5.91 Å². The van der Waals surface area contributed by atoms with Gasteiger partial charge >= 0.3 is 0 Å². The number of nitrogens with one attached hydrogen (secondary N) is 1. The summed E-state index contributed by atoms with van der Waals surface area (Å²) in [5.41, 5.74) is 0.451. The standard InChI is InChI=1S/C19H19FN2O4S/c1-25-13-7-12(8-14(9-13)26-2)19(24)22-11-27-10-17(22)18(23)21-16-6-4-3-5-15(16)20/h3-9,17H,10-11H2,1-2H3,(H,21,23). The highest BCUT2D eigenvalue weighted by atomic mass is 32.2. The van der Waals surface area contributed by atoms with Crippen LogP contribution in [0.4, 0.5) is 10.1 Å². The van der Waals surface area contributed by atoms with Crippen molar-refractivity contribution in [3.63, 3.8) is 0 Å². The third kappa shape index (κ3) is 4.16. The summed E-state index contributed by atoms with van der Waals surface area (Å²) in [5.74, 6) is 0.515. The van der Waals surface area contributed by atoms with Crippen molar-refractivity contribution in [1.82, 2.24) is 4.90 Å². The molecule has 0 radical (unpaired) electrons. The summed E-state index contributed by atoms with van der Waals surface area (Å²) in [5, 5.41) is 2.56. The Balaban J connectivity index is 1.80. The van der Waals surface area contributed by atoms with Gasteiger partial charge in [0.15, 0.2) is 0 Å². The molecule has 0 spiro atoms. The zero-order valence-electron chi connectivity index (χ0n) is 14.9. The maximum atomic E-state index is 13.8. The number of hydrogen-bond donors (Lipinski definition) is 1. The number of amides is 2. The molecule has 0 saturated carbocycles. The molecule has 0 aromatic heterocycles. The summed E-state index contributed by atoms with van der Waals surface area (Å²) < 4.78 is 24.2. The Morgan fingerprint density at radius 1 is 1.15 bits per heavy atom. The Labute approximate surface area is 160 Å². The lowest BCUT2D eigenvalue weighted by molar-refractivity contribution is -0.119. The monoisotopic (exact) mass is 390 g/mol. The summed E-state index contributed by atoms with van der Waals surface area (Å²) in [6.07, 6.45) is 0. The highest BCUT2D eigenvalue weighted by molar-refractivity contribution is 7.99. The first-order valence-corrected chi connectivity index (χ1v) is 9.36. The Bertz CT molecular complexity index is 839. The number of para-hydroxylation sites is 1. The van der Waals surface area contributed by atoms with Crippen LogP contribution in [0.5, 0.6) is 11.5 Å². The van der Waals surface area contributed by atoms with Crippen molar-refractivity contribution in [1.29, 1.82) is 0 Å². The first kappa shape index (κ1) is 19.0. The second-order valence-electron chi connectivity index (χ2n) is 5.86. The van der Waals surface area contributed by atoms with Crippen molar-refractivity contribution in [2.45, 2.75) is 6.04 Å². The van der Waals surface area contributed by atoms with E-state index >= 15 is 0 Å². The van der Waals surface area contributed by atoms with Gasteiger partial charge in [-0.25, -0.2) is 4.39 Å². The molecule has 1 N–H and O–H groups in total. The number of carbonyl (C=O) groups excluding carboxylic acids is 2. The number of anilines is 1. The summed E-state index contributed by atoms with van der Waals surface area (Å²) in [6.45, 7) is 0. The number of carbonyl (C=O) groups is 2. The van der Waals surface area contributed by atoms with Crippen molar-refractivity contribution >= 4 is 29.3 Å². The van der Waals surface area contributed by atoms with E-state index in [9.17, 15) is 14.0 Å². The van der Waals surface area contributed by atoms with E-state index in [0.29, 0.717) is 28.7 Å². The van der Waals surface area contributed by atoms with Crippen LogP contribution in [0, 0.1) is 5.82 Å². The summed E-state index contributed by atoms with van der Waals surface area (Å²) in [4.78, 5) is 27.1. The molecule has 142 valence electrons. The van der Waals surface area contributed by atoms with E-state index in [2.05, 4.69) is 5.32 Å². The number of thioether (sulfide) groups is 1. The van der Waals surface area contributed by atoms with Crippen LogP contribution in [0.2, 0.25) is 0 Å². The number of nitrogens with zero attached hydrogens (tertiary/aromatic N) is 1. The first-order chi connectivity index (χ1) is 13.0. The molecule has 1 saturated heterocycles. The van der Waals surface area contributed by atoms with Gasteiger partial charge in [-0.15, -0.1) is 11.8 Å². The van der Waals surface area contributed by atoms with Crippen LogP contribution in [0.25, 0.3) is 0 Å². The Hall–Kier alpha value is -2.74. The molecule has 0 bridgehead atoms. The third-order valence-corrected chi connectivity index (χ3v) is 5.19. The zero-order valence-corrected chi connectivity index (χ0v) is 15.7. The minimum atomic E-state index is -0.695.